The maximum Gasteiger partial charge on any atom is 0.142 e. The van der Waals surface area contributed by atoms with Gasteiger partial charge in [0.1, 0.15) is 11.6 Å². The van der Waals surface area contributed by atoms with Crippen molar-refractivity contribution in [2.45, 2.75) is 0 Å². The zero-order valence-electron chi connectivity index (χ0n) is 8.05. The van der Waals surface area contributed by atoms with Crippen molar-refractivity contribution in [3.8, 4) is 11.1 Å². The van der Waals surface area contributed by atoms with Crippen LogP contribution in [0.2, 0.25) is 10.0 Å². The van der Waals surface area contributed by atoms with Gasteiger partial charge in [-0.2, -0.15) is 0 Å². The fourth-order valence-corrected chi connectivity index (χ4v) is 2.01. The van der Waals surface area contributed by atoms with E-state index in [0.717, 1.165) is 6.20 Å². The number of benzene rings is 1. The van der Waals surface area contributed by atoms with Crippen LogP contribution in [0, 0.1) is 5.82 Å². The Labute approximate surface area is 102 Å². The number of nitrogens with zero attached hydrogens (tertiary/aromatic N) is 1. The van der Waals surface area contributed by atoms with Gasteiger partial charge in [-0.1, -0.05) is 29.3 Å². The van der Waals surface area contributed by atoms with Gasteiger partial charge in [0.15, 0.2) is 0 Å². The molecule has 2 N–H and O–H groups in total. The molecule has 0 spiro atoms. The molecule has 82 valence electrons. The molecule has 1 aromatic heterocycles. The quantitative estimate of drug-likeness (QED) is 0.844. The summed E-state index contributed by atoms with van der Waals surface area (Å²) >= 11 is 12.0. The third-order valence-electron chi connectivity index (χ3n) is 2.12. The summed E-state index contributed by atoms with van der Waals surface area (Å²) in [4.78, 5) is 3.72. The summed E-state index contributed by atoms with van der Waals surface area (Å²) in [7, 11) is 0. The van der Waals surface area contributed by atoms with Crippen LogP contribution < -0.4 is 5.73 Å². The molecule has 0 fully saturated rings. The number of nitrogens with two attached hydrogens (primary N) is 1. The molecule has 0 aliphatic carbocycles. The van der Waals surface area contributed by atoms with E-state index in [9.17, 15) is 4.39 Å². The molecule has 2 nitrogen and oxygen atoms in total. The fraction of sp³-hybridized carbons (Fsp3) is 0. The molecule has 0 saturated carbocycles. The van der Waals surface area contributed by atoms with Gasteiger partial charge in [0, 0.05) is 11.1 Å². The molecule has 2 aromatic rings. The summed E-state index contributed by atoms with van der Waals surface area (Å²) in [6, 6.07) is 6.28. The molecule has 0 aliphatic rings. The predicted molar refractivity (Wildman–Crippen MR) is 64.1 cm³/mol. The third-order valence-corrected chi connectivity index (χ3v) is 2.75. The highest BCUT2D eigenvalue weighted by Gasteiger charge is 2.12. The van der Waals surface area contributed by atoms with Crippen molar-refractivity contribution in [2.75, 3.05) is 5.73 Å². The SMILES string of the molecule is Nc1ncc(F)cc1-c1c(Cl)cccc1Cl. The van der Waals surface area contributed by atoms with E-state index in [1.807, 2.05) is 0 Å². The van der Waals surface area contributed by atoms with E-state index in [4.69, 9.17) is 28.9 Å². The highest BCUT2D eigenvalue weighted by molar-refractivity contribution is 6.39. The van der Waals surface area contributed by atoms with Crippen LogP contribution in [-0.4, -0.2) is 4.98 Å². The minimum atomic E-state index is -0.486. The van der Waals surface area contributed by atoms with Crippen LogP contribution in [-0.2, 0) is 0 Å². The van der Waals surface area contributed by atoms with Crippen LogP contribution in [0.1, 0.15) is 0 Å². The van der Waals surface area contributed by atoms with E-state index < -0.39 is 5.82 Å². The molecule has 0 radical (unpaired) electrons. The van der Waals surface area contributed by atoms with Crippen molar-refractivity contribution in [1.29, 1.82) is 0 Å². The van der Waals surface area contributed by atoms with Gasteiger partial charge in [0.05, 0.1) is 16.2 Å². The van der Waals surface area contributed by atoms with Crippen molar-refractivity contribution in [3.05, 3.63) is 46.3 Å². The monoisotopic (exact) mass is 256 g/mol. The van der Waals surface area contributed by atoms with Gasteiger partial charge in [-0.3, -0.25) is 0 Å². The van der Waals surface area contributed by atoms with Gasteiger partial charge in [0.2, 0.25) is 0 Å². The molecule has 0 saturated heterocycles. The van der Waals surface area contributed by atoms with Crippen LogP contribution in [0.4, 0.5) is 10.2 Å². The Bertz CT molecular complexity index is 523. The maximum atomic E-state index is 13.1. The highest BCUT2D eigenvalue weighted by atomic mass is 35.5. The fourth-order valence-electron chi connectivity index (χ4n) is 1.41. The zero-order chi connectivity index (χ0) is 11.7. The summed E-state index contributed by atoms with van der Waals surface area (Å²) in [5.41, 5.74) is 6.56. The molecular weight excluding hydrogens is 250 g/mol. The number of halogens is 3. The molecule has 0 amide bonds. The normalized spacial score (nSPS) is 10.4. The molecule has 16 heavy (non-hydrogen) atoms. The van der Waals surface area contributed by atoms with Crippen molar-refractivity contribution < 1.29 is 4.39 Å². The van der Waals surface area contributed by atoms with E-state index in [-0.39, 0.29) is 5.82 Å². The molecule has 2 rings (SSSR count). The topological polar surface area (TPSA) is 38.9 Å². The number of hydrogen-bond donors (Lipinski definition) is 1. The van der Waals surface area contributed by atoms with Crippen molar-refractivity contribution >= 4 is 29.0 Å². The van der Waals surface area contributed by atoms with Gasteiger partial charge in [0.25, 0.3) is 0 Å². The lowest BCUT2D eigenvalue weighted by atomic mass is 10.1. The molecule has 0 unspecified atom stereocenters. The van der Waals surface area contributed by atoms with Gasteiger partial charge < -0.3 is 5.73 Å². The second-order valence-corrected chi connectivity index (χ2v) is 4.00. The highest BCUT2D eigenvalue weighted by Crippen LogP contribution is 2.36. The molecule has 0 atom stereocenters. The molecule has 5 heteroatoms. The number of hydrogen-bond acceptors (Lipinski definition) is 2. The molecular formula is C11H7Cl2FN2. The van der Waals surface area contributed by atoms with Gasteiger partial charge in [-0.15, -0.1) is 0 Å². The first kappa shape index (κ1) is 11.2. The molecule has 0 aliphatic heterocycles. The first-order valence-corrected chi connectivity index (χ1v) is 5.20. The summed E-state index contributed by atoms with van der Waals surface area (Å²) in [5.74, 6) is -0.295. The Balaban J connectivity index is 2.72. The van der Waals surface area contributed by atoms with Crippen molar-refractivity contribution in [3.63, 3.8) is 0 Å². The number of anilines is 1. The minimum absolute atomic E-state index is 0.191. The molecule has 1 aromatic carbocycles. The van der Waals surface area contributed by atoms with Crippen LogP contribution >= 0.6 is 23.2 Å². The van der Waals surface area contributed by atoms with E-state index in [0.29, 0.717) is 21.2 Å². The average Bonchev–Trinajstić information content (AvgIpc) is 2.23. The van der Waals surface area contributed by atoms with E-state index in [2.05, 4.69) is 4.98 Å². The summed E-state index contributed by atoms with van der Waals surface area (Å²) in [5, 5.41) is 0.818. The maximum absolute atomic E-state index is 13.1. The first-order valence-electron chi connectivity index (χ1n) is 4.45. The van der Waals surface area contributed by atoms with Crippen molar-refractivity contribution in [1.82, 2.24) is 4.98 Å². The summed E-state index contributed by atoms with van der Waals surface area (Å²) in [6.07, 6.45) is 1.05. The lowest BCUT2D eigenvalue weighted by molar-refractivity contribution is 0.622. The zero-order valence-corrected chi connectivity index (χ0v) is 9.56. The number of nitrogen functional groups attached to an aromatic ring is 1. The van der Waals surface area contributed by atoms with Crippen LogP contribution in [0.25, 0.3) is 11.1 Å². The van der Waals surface area contributed by atoms with Gasteiger partial charge >= 0.3 is 0 Å². The van der Waals surface area contributed by atoms with Crippen molar-refractivity contribution in [2.24, 2.45) is 0 Å². The van der Waals surface area contributed by atoms with Gasteiger partial charge in [-0.25, -0.2) is 9.37 Å². The standard InChI is InChI=1S/C11H7Cl2FN2/c12-8-2-1-3-9(13)10(8)7-4-6(14)5-16-11(7)15/h1-5H,(H2,15,16). The van der Waals surface area contributed by atoms with E-state index in [1.54, 1.807) is 18.2 Å². The van der Waals surface area contributed by atoms with Gasteiger partial charge in [-0.05, 0) is 18.2 Å². The Hall–Kier alpha value is -1.32. The van der Waals surface area contributed by atoms with Crippen LogP contribution in [0.15, 0.2) is 30.5 Å². The number of pyridine rings is 1. The second-order valence-electron chi connectivity index (χ2n) is 3.18. The van der Waals surface area contributed by atoms with Crippen LogP contribution in [0.3, 0.4) is 0 Å². The third kappa shape index (κ3) is 1.96. The number of rotatable bonds is 1. The van der Waals surface area contributed by atoms with Crippen LogP contribution in [0.5, 0.6) is 0 Å². The van der Waals surface area contributed by atoms with E-state index in [1.165, 1.54) is 6.07 Å². The second kappa shape index (κ2) is 4.28. The lowest BCUT2D eigenvalue weighted by Gasteiger charge is -2.08. The molecule has 0 bridgehead atoms. The summed E-state index contributed by atoms with van der Waals surface area (Å²) in [6.45, 7) is 0. The molecule has 1 heterocycles. The summed E-state index contributed by atoms with van der Waals surface area (Å²) < 4.78 is 13.1. The Morgan fingerprint density at radius 3 is 2.44 bits per heavy atom. The smallest absolute Gasteiger partial charge is 0.142 e. The Morgan fingerprint density at radius 1 is 1.19 bits per heavy atom. The predicted octanol–water partition coefficient (Wildman–Crippen LogP) is 3.78. The van der Waals surface area contributed by atoms with E-state index >= 15 is 0 Å². The number of aromatic nitrogens is 1. The Morgan fingerprint density at radius 2 is 1.81 bits per heavy atom. The minimum Gasteiger partial charge on any atom is -0.383 e. The largest absolute Gasteiger partial charge is 0.383 e. The average molecular weight is 257 g/mol. The lowest BCUT2D eigenvalue weighted by Crippen LogP contribution is -1.96. The first-order chi connectivity index (χ1) is 7.59. The Kier molecular flexibility index (Phi) is 2.99.